The Kier molecular flexibility index (Phi) is 4.14. The Hall–Kier alpha value is -0.710. The predicted molar refractivity (Wildman–Crippen MR) is 76.3 cm³/mol. The Morgan fingerprint density at radius 3 is 2.42 bits per heavy atom. The van der Waals surface area contributed by atoms with Crippen LogP contribution in [0.25, 0.3) is 0 Å². The number of nitrogens with zero attached hydrogens (tertiary/aromatic N) is 1. The van der Waals surface area contributed by atoms with Crippen molar-refractivity contribution in [3.63, 3.8) is 0 Å². The molecule has 4 nitrogen and oxygen atoms in total. The van der Waals surface area contributed by atoms with Crippen LogP contribution in [0.3, 0.4) is 0 Å². The highest BCUT2D eigenvalue weighted by atomic mass is 32.2. The van der Waals surface area contributed by atoms with E-state index in [1.165, 1.54) is 0 Å². The van der Waals surface area contributed by atoms with Crippen LogP contribution in [0.4, 0.5) is 0 Å². The van der Waals surface area contributed by atoms with Gasteiger partial charge in [0.15, 0.2) is 0 Å². The summed E-state index contributed by atoms with van der Waals surface area (Å²) in [7, 11) is 0. The third kappa shape index (κ3) is 3.25. The Labute approximate surface area is 118 Å². The number of carboxylic acid groups (broad SMARTS) is 1. The second-order valence-corrected chi connectivity index (χ2v) is 8.19. The number of hydrogen-bond acceptors (Lipinski definition) is 3. The van der Waals surface area contributed by atoms with Gasteiger partial charge in [-0.2, -0.15) is 11.8 Å². The van der Waals surface area contributed by atoms with Crippen LogP contribution in [0.1, 0.15) is 46.0 Å². The van der Waals surface area contributed by atoms with E-state index in [-0.39, 0.29) is 17.1 Å². The highest BCUT2D eigenvalue weighted by Crippen LogP contribution is 2.42. The highest BCUT2D eigenvalue weighted by molar-refractivity contribution is 8.00. The molecule has 19 heavy (non-hydrogen) atoms. The number of carboxylic acids is 1. The van der Waals surface area contributed by atoms with Crippen molar-refractivity contribution in [2.75, 3.05) is 18.8 Å². The number of carbonyl (C=O) groups is 2. The van der Waals surface area contributed by atoms with Crippen molar-refractivity contribution in [3.05, 3.63) is 0 Å². The summed E-state index contributed by atoms with van der Waals surface area (Å²) in [5.74, 6) is 0.181. The average Bonchev–Trinajstić information content (AvgIpc) is 2.77. The number of thioether (sulfide) groups is 1. The van der Waals surface area contributed by atoms with Gasteiger partial charge in [-0.3, -0.25) is 9.59 Å². The Morgan fingerprint density at radius 2 is 1.89 bits per heavy atom. The minimum Gasteiger partial charge on any atom is -0.481 e. The van der Waals surface area contributed by atoms with Crippen molar-refractivity contribution >= 4 is 23.6 Å². The van der Waals surface area contributed by atoms with Crippen LogP contribution in [0.15, 0.2) is 0 Å². The monoisotopic (exact) mass is 285 g/mol. The van der Waals surface area contributed by atoms with Gasteiger partial charge in [-0.25, -0.2) is 0 Å². The fourth-order valence-corrected chi connectivity index (χ4v) is 4.26. The summed E-state index contributed by atoms with van der Waals surface area (Å²) >= 11 is 1.88. The highest BCUT2D eigenvalue weighted by Gasteiger charge is 2.44. The van der Waals surface area contributed by atoms with Crippen molar-refractivity contribution in [1.29, 1.82) is 0 Å². The van der Waals surface area contributed by atoms with Gasteiger partial charge in [-0.1, -0.05) is 12.8 Å². The molecule has 0 spiro atoms. The quantitative estimate of drug-likeness (QED) is 0.865. The van der Waals surface area contributed by atoms with Crippen molar-refractivity contribution in [2.45, 2.75) is 50.7 Å². The number of aliphatic carboxylic acids is 1. The Bertz CT molecular complexity index is 375. The normalized spacial score (nSPS) is 25.3. The van der Waals surface area contributed by atoms with Crippen LogP contribution in [-0.2, 0) is 9.59 Å². The molecule has 108 valence electrons. The van der Waals surface area contributed by atoms with E-state index < -0.39 is 11.4 Å². The molecule has 0 aromatic heterocycles. The molecule has 1 saturated carbocycles. The molecule has 1 aliphatic carbocycles. The molecule has 0 aromatic rings. The van der Waals surface area contributed by atoms with Crippen LogP contribution in [0.5, 0.6) is 0 Å². The largest absolute Gasteiger partial charge is 0.481 e. The molecule has 1 aliphatic heterocycles. The zero-order valence-corrected chi connectivity index (χ0v) is 12.6. The smallest absolute Gasteiger partial charge is 0.310 e. The van der Waals surface area contributed by atoms with Gasteiger partial charge in [0.05, 0.1) is 5.41 Å². The van der Waals surface area contributed by atoms with Gasteiger partial charge in [0, 0.05) is 30.0 Å². The van der Waals surface area contributed by atoms with Gasteiger partial charge in [-0.15, -0.1) is 0 Å². The molecule has 2 rings (SSSR count). The summed E-state index contributed by atoms with van der Waals surface area (Å²) < 4.78 is 0.0833. The molecule has 1 saturated heterocycles. The van der Waals surface area contributed by atoms with Gasteiger partial charge in [-0.05, 0) is 26.7 Å². The van der Waals surface area contributed by atoms with E-state index in [9.17, 15) is 14.7 Å². The molecular weight excluding hydrogens is 262 g/mol. The van der Waals surface area contributed by atoms with E-state index in [4.69, 9.17) is 0 Å². The van der Waals surface area contributed by atoms with Gasteiger partial charge in [0.2, 0.25) is 5.91 Å². The molecule has 0 aromatic carbocycles. The summed E-state index contributed by atoms with van der Waals surface area (Å²) in [5, 5.41) is 9.44. The average molecular weight is 285 g/mol. The predicted octanol–water partition coefficient (Wildman–Crippen LogP) is 2.38. The summed E-state index contributed by atoms with van der Waals surface area (Å²) in [6.07, 6.45) is 3.35. The van der Waals surface area contributed by atoms with Crippen LogP contribution < -0.4 is 0 Å². The lowest BCUT2D eigenvalue weighted by atomic mass is 9.82. The molecule has 1 N–H and O–H groups in total. The first-order valence-corrected chi connectivity index (χ1v) is 7.98. The fraction of sp³-hybridized carbons (Fsp3) is 0.857. The van der Waals surface area contributed by atoms with E-state index >= 15 is 0 Å². The Morgan fingerprint density at radius 1 is 1.26 bits per heavy atom. The van der Waals surface area contributed by atoms with E-state index in [1.807, 2.05) is 16.7 Å². The maximum Gasteiger partial charge on any atom is 0.310 e. The molecule has 2 fully saturated rings. The third-order valence-corrected chi connectivity index (χ3v) is 5.58. The zero-order chi connectivity index (χ0) is 14.1. The Balaban J connectivity index is 2.02. The molecule has 5 heteroatoms. The lowest BCUT2D eigenvalue weighted by molar-refractivity contribution is -0.153. The standard InChI is InChI=1S/C14H23NO3S/c1-13(2)10-15(7-8-19-13)11(16)9-14(12(17)18)5-3-4-6-14/h3-10H2,1-2H3,(H,17,18). The van der Waals surface area contributed by atoms with Crippen molar-refractivity contribution in [1.82, 2.24) is 4.90 Å². The lowest BCUT2D eigenvalue weighted by Crippen LogP contribution is -2.48. The van der Waals surface area contributed by atoms with Gasteiger partial charge < -0.3 is 10.0 Å². The molecule has 1 amide bonds. The molecule has 0 unspecified atom stereocenters. The van der Waals surface area contributed by atoms with E-state index in [1.54, 1.807) is 0 Å². The SMILES string of the molecule is CC1(C)CN(C(=O)CC2(C(=O)O)CCCC2)CCS1. The summed E-state index contributed by atoms with van der Waals surface area (Å²) in [6.45, 7) is 5.76. The summed E-state index contributed by atoms with van der Waals surface area (Å²) in [6, 6.07) is 0. The first-order valence-electron chi connectivity index (χ1n) is 7.00. The molecule has 0 atom stereocenters. The fourth-order valence-electron chi connectivity index (χ4n) is 3.15. The molecule has 1 heterocycles. The van der Waals surface area contributed by atoms with Gasteiger partial charge in [0.25, 0.3) is 0 Å². The summed E-state index contributed by atoms with van der Waals surface area (Å²) in [5.41, 5.74) is -0.786. The van der Waals surface area contributed by atoms with Crippen molar-refractivity contribution in [2.24, 2.45) is 5.41 Å². The van der Waals surface area contributed by atoms with E-state index in [0.29, 0.717) is 12.8 Å². The maximum atomic E-state index is 12.4. The van der Waals surface area contributed by atoms with Crippen LogP contribution in [-0.4, -0.2) is 45.5 Å². The number of amides is 1. The minimum atomic E-state index is -0.788. The maximum absolute atomic E-state index is 12.4. The van der Waals surface area contributed by atoms with Crippen LogP contribution in [0.2, 0.25) is 0 Å². The first-order chi connectivity index (χ1) is 8.85. The van der Waals surface area contributed by atoms with Crippen molar-refractivity contribution < 1.29 is 14.7 Å². The molecular formula is C14H23NO3S. The molecule has 0 bridgehead atoms. The van der Waals surface area contributed by atoms with Gasteiger partial charge >= 0.3 is 5.97 Å². The van der Waals surface area contributed by atoms with Crippen molar-refractivity contribution in [3.8, 4) is 0 Å². The van der Waals surface area contributed by atoms with E-state index in [2.05, 4.69) is 13.8 Å². The second kappa shape index (κ2) is 5.35. The molecule has 0 radical (unpaired) electrons. The zero-order valence-electron chi connectivity index (χ0n) is 11.8. The van der Waals surface area contributed by atoms with E-state index in [0.717, 1.165) is 31.7 Å². The van der Waals surface area contributed by atoms with Crippen LogP contribution >= 0.6 is 11.8 Å². The first kappa shape index (κ1) is 14.7. The topological polar surface area (TPSA) is 57.6 Å². The lowest BCUT2D eigenvalue weighted by Gasteiger charge is -2.38. The molecule has 2 aliphatic rings. The van der Waals surface area contributed by atoms with Gasteiger partial charge in [0.1, 0.15) is 0 Å². The number of rotatable bonds is 3. The minimum absolute atomic E-state index is 0.0256. The second-order valence-electron chi connectivity index (χ2n) is 6.39. The number of hydrogen-bond donors (Lipinski definition) is 1. The van der Waals surface area contributed by atoms with Crippen LogP contribution in [0, 0.1) is 5.41 Å². The third-order valence-electron chi connectivity index (χ3n) is 4.28. The summed E-state index contributed by atoms with van der Waals surface area (Å²) in [4.78, 5) is 25.8. The number of carbonyl (C=O) groups excluding carboxylic acids is 1.